The third-order valence-corrected chi connectivity index (χ3v) is 4.49. The Labute approximate surface area is 149 Å². The molecule has 1 aromatic carbocycles. The Hall–Kier alpha value is -2.08. The van der Waals surface area contributed by atoms with Gasteiger partial charge in [0.25, 0.3) is 0 Å². The van der Waals surface area contributed by atoms with Crippen LogP contribution < -0.4 is 15.8 Å². The molecule has 0 aliphatic heterocycles. The molecule has 1 amide bonds. The Morgan fingerprint density at radius 2 is 2.00 bits per heavy atom. The largest absolute Gasteiger partial charge is 0.482 e. The predicted octanol–water partition coefficient (Wildman–Crippen LogP) is 1.80. The van der Waals surface area contributed by atoms with Crippen LogP contribution in [0.1, 0.15) is 38.2 Å². The molecule has 0 spiro atoms. The smallest absolute Gasteiger partial charge is 0.344 e. The van der Waals surface area contributed by atoms with Crippen molar-refractivity contribution in [2.24, 2.45) is 11.7 Å². The molecule has 0 unspecified atom stereocenters. The van der Waals surface area contributed by atoms with E-state index in [9.17, 15) is 9.59 Å². The molecule has 6 nitrogen and oxygen atoms in total. The summed E-state index contributed by atoms with van der Waals surface area (Å²) in [6.07, 6.45) is 4.50. The number of carbonyl (C=O) groups excluding carboxylic acids is 2. The number of ether oxygens (including phenoxy) is 2. The minimum absolute atomic E-state index is 0.0803. The van der Waals surface area contributed by atoms with Crippen LogP contribution in [-0.2, 0) is 20.7 Å². The van der Waals surface area contributed by atoms with E-state index in [2.05, 4.69) is 5.32 Å². The lowest BCUT2D eigenvalue weighted by Gasteiger charge is -2.14. The molecule has 1 aliphatic carbocycles. The van der Waals surface area contributed by atoms with Crippen molar-refractivity contribution in [2.75, 3.05) is 19.8 Å². The van der Waals surface area contributed by atoms with Crippen LogP contribution in [0.25, 0.3) is 0 Å². The second-order valence-electron chi connectivity index (χ2n) is 6.40. The third-order valence-electron chi connectivity index (χ3n) is 4.49. The fourth-order valence-electron chi connectivity index (χ4n) is 3.07. The maximum atomic E-state index is 12.0. The SMILES string of the molecule is CCOC(=O)COc1ccc(CCNC(=O)C[C@@H]2CCC[C@H]2N)cc1. The van der Waals surface area contributed by atoms with Crippen LogP contribution in [0.5, 0.6) is 5.75 Å². The number of esters is 1. The molecule has 6 heteroatoms. The van der Waals surface area contributed by atoms with E-state index in [1.165, 1.54) is 0 Å². The average molecular weight is 348 g/mol. The Morgan fingerprint density at radius 3 is 2.64 bits per heavy atom. The molecule has 0 heterocycles. The summed E-state index contributed by atoms with van der Waals surface area (Å²) in [4.78, 5) is 23.2. The van der Waals surface area contributed by atoms with Crippen molar-refractivity contribution >= 4 is 11.9 Å². The zero-order chi connectivity index (χ0) is 18.1. The molecule has 1 aliphatic rings. The van der Waals surface area contributed by atoms with Gasteiger partial charge in [0.15, 0.2) is 6.61 Å². The highest BCUT2D eigenvalue weighted by Crippen LogP contribution is 2.26. The monoisotopic (exact) mass is 348 g/mol. The van der Waals surface area contributed by atoms with E-state index >= 15 is 0 Å². The lowest BCUT2D eigenvalue weighted by molar-refractivity contribution is -0.145. The molecule has 1 saturated carbocycles. The number of nitrogens with two attached hydrogens (primary N) is 1. The van der Waals surface area contributed by atoms with Crippen molar-refractivity contribution < 1.29 is 19.1 Å². The normalized spacial score (nSPS) is 19.4. The van der Waals surface area contributed by atoms with E-state index in [-0.39, 0.29) is 24.5 Å². The van der Waals surface area contributed by atoms with E-state index < -0.39 is 0 Å². The summed E-state index contributed by atoms with van der Waals surface area (Å²) >= 11 is 0. The molecular formula is C19H28N2O4. The number of nitrogens with one attached hydrogen (secondary N) is 1. The van der Waals surface area contributed by atoms with Gasteiger partial charge in [0.05, 0.1) is 6.61 Å². The van der Waals surface area contributed by atoms with Crippen LogP contribution >= 0.6 is 0 Å². The minimum atomic E-state index is -0.378. The molecule has 1 aromatic rings. The number of benzene rings is 1. The van der Waals surface area contributed by atoms with Crippen LogP contribution in [0.2, 0.25) is 0 Å². The van der Waals surface area contributed by atoms with Gasteiger partial charge in [-0.05, 0) is 49.8 Å². The standard InChI is InChI=1S/C19H28N2O4/c1-2-24-19(23)13-25-16-8-6-14(7-9-16)10-11-21-18(22)12-15-4-3-5-17(15)20/h6-9,15,17H,2-5,10-13,20H2,1H3,(H,21,22)/t15-,17+/m0/s1. The van der Waals surface area contributed by atoms with Gasteiger partial charge in [-0.3, -0.25) is 4.79 Å². The summed E-state index contributed by atoms with van der Waals surface area (Å²) in [6, 6.07) is 7.66. The van der Waals surface area contributed by atoms with E-state index in [4.69, 9.17) is 15.2 Å². The van der Waals surface area contributed by atoms with Crippen LogP contribution in [0.4, 0.5) is 0 Å². The molecule has 25 heavy (non-hydrogen) atoms. The fraction of sp³-hybridized carbons (Fsp3) is 0.579. The molecule has 1 fully saturated rings. The third kappa shape index (κ3) is 6.74. The topological polar surface area (TPSA) is 90.6 Å². The Kier molecular flexibility index (Phi) is 7.73. The van der Waals surface area contributed by atoms with Crippen molar-refractivity contribution in [1.82, 2.24) is 5.32 Å². The Balaban J connectivity index is 1.65. The van der Waals surface area contributed by atoms with Crippen molar-refractivity contribution in [3.63, 3.8) is 0 Å². The van der Waals surface area contributed by atoms with E-state index in [0.717, 1.165) is 31.2 Å². The molecular weight excluding hydrogens is 320 g/mol. The molecule has 0 bridgehead atoms. The van der Waals surface area contributed by atoms with Gasteiger partial charge >= 0.3 is 5.97 Å². The fourth-order valence-corrected chi connectivity index (χ4v) is 3.07. The van der Waals surface area contributed by atoms with Crippen molar-refractivity contribution in [1.29, 1.82) is 0 Å². The van der Waals surface area contributed by atoms with Gasteiger partial charge in [-0.15, -0.1) is 0 Å². The first-order valence-electron chi connectivity index (χ1n) is 8.98. The molecule has 138 valence electrons. The second kappa shape index (κ2) is 10.0. The molecule has 2 atom stereocenters. The molecule has 0 saturated heterocycles. The highest BCUT2D eigenvalue weighted by atomic mass is 16.6. The van der Waals surface area contributed by atoms with Gasteiger partial charge < -0.3 is 20.5 Å². The second-order valence-corrected chi connectivity index (χ2v) is 6.40. The highest BCUT2D eigenvalue weighted by Gasteiger charge is 2.25. The first kappa shape index (κ1) is 19.2. The van der Waals surface area contributed by atoms with Gasteiger partial charge in [0, 0.05) is 19.0 Å². The summed E-state index contributed by atoms with van der Waals surface area (Å²) in [6.45, 7) is 2.61. The molecule has 2 rings (SSSR count). The van der Waals surface area contributed by atoms with Gasteiger partial charge in [-0.2, -0.15) is 0 Å². The molecule has 0 radical (unpaired) electrons. The first-order chi connectivity index (χ1) is 12.1. The predicted molar refractivity (Wildman–Crippen MR) is 95.2 cm³/mol. The zero-order valence-corrected chi connectivity index (χ0v) is 14.8. The highest BCUT2D eigenvalue weighted by molar-refractivity contribution is 5.76. The van der Waals surface area contributed by atoms with Crippen LogP contribution in [0.3, 0.4) is 0 Å². The van der Waals surface area contributed by atoms with Gasteiger partial charge in [-0.25, -0.2) is 4.79 Å². The number of hydrogen-bond acceptors (Lipinski definition) is 5. The summed E-state index contributed by atoms with van der Waals surface area (Å²) in [5, 5.41) is 2.96. The molecule has 3 N–H and O–H groups in total. The van der Waals surface area contributed by atoms with Crippen LogP contribution in [0, 0.1) is 5.92 Å². The van der Waals surface area contributed by atoms with Crippen LogP contribution in [0.15, 0.2) is 24.3 Å². The summed E-state index contributed by atoms with van der Waals surface area (Å²) in [5.41, 5.74) is 7.10. The minimum Gasteiger partial charge on any atom is -0.482 e. The van der Waals surface area contributed by atoms with Crippen LogP contribution in [-0.4, -0.2) is 37.7 Å². The van der Waals surface area contributed by atoms with E-state index in [1.807, 2.05) is 24.3 Å². The number of amides is 1. The van der Waals surface area contributed by atoms with Gasteiger partial charge in [-0.1, -0.05) is 18.6 Å². The summed E-state index contributed by atoms with van der Waals surface area (Å²) in [5.74, 6) is 0.653. The average Bonchev–Trinajstić information content (AvgIpc) is 2.99. The Morgan fingerprint density at radius 1 is 1.24 bits per heavy atom. The van der Waals surface area contributed by atoms with Gasteiger partial charge in [0.1, 0.15) is 5.75 Å². The van der Waals surface area contributed by atoms with Gasteiger partial charge in [0.2, 0.25) is 5.91 Å². The van der Waals surface area contributed by atoms with E-state index in [0.29, 0.717) is 31.2 Å². The maximum Gasteiger partial charge on any atom is 0.344 e. The number of hydrogen-bond donors (Lipinski definition) is 2. The quantitative estimate of drug-likeness (QED) is 0.664. The van der Waals surface area contributed by atoms with Crippen molar-refractivity contribution in [3.05, 3.63) is 29.8 Å². The lowest BCUT2D eigenvalue weighted by atomic mass is 10.00. The Bertz CT molecular complexity index is 559. The summed E-state index contributed by atoms with van der Waals surface area (Å²) in [7, 11) is 0. The zero-order valence-electron chi connectivity index (χ0n) is 14.8. The lowest BCUT2D eigenvalue weighted by Crippen LogP contribution is -2.32. The van der Waals surface area contributed by atoms with Crippen molar-refractivity contribution in [3.8, 4) is 5.75 Å². The summed E-state index contributed by atoms with van der Waals surface area (Å²) < 4.78 is 10.2. The number of carbonyl (C=O) groups is 2. The maximum absolute atomic E-state index is 12.0. The van der Waals surface area contributed by atoms with E-state index in [1.54, 1.807) is 6.92 Å². The first-order valence-corrected chi connectivity index (χ1v) is 8.98. The molecule has 0 aromatic heterocycles. The van der Waals surface area contributed by atoms with Crippen molar-refractivity contribution in [2.45, 2.75) is 45.1 Å². The number of rotatable bonds is 9.